The van der Waals surface area contributed by atoms with Crippen LogP contribution in [0.2, 0.25) is 0 Å². The molecule has 1 saturated carbocycles. The Hall–Kier alpha value is -0.150. The lowest BCUT2D eigenvalue weighted by atomic mass is 10.00. The van der Waals surface area contributed by atoms with Crippen molar-refractivity contribution in [3.05, 3.63) is 0 Å². The van der Waals surface area contributed by atoms with E-state index in [-0.39, 0.29) is 0 Å². The number of hydrogen-bond acceptors (Lipinski definition) is 2. The molecule has 2 rings (SSSR count). The highest BCUT2D eigenvalue weighted by atomic mass is 19.1. The minimum Gasteiger partial charge on any atom is -0.389 e. The molecule has 1 saturated heterocycles. The summed E-state index contributed by atoms with van der Waals surface area (Å²) in [6, 6.07) is 0. The Balaban J connectivity index is 1.79. The maximum atomic E-state index is 12.9. The number of aliphatic hydroxyl groups is 1. The van der Waals surface area contributed by atoms with Crippen LogP contribution >= 0.6 is 0 Å². The highest BCUT2D eigenvalue weighted by molar-refractivity contribution is 4.88. The van der Waals surface area contributed by atoms with Gasteiger partial charge in [0.25, 0.3) is 0 Å². The van der Waals surface area contributed by atoms with Gasteiger partial charge in [-0.05, 0) is 25.7 Å². The first-order valence-corrected chi connectivity index (χ1v) is 5.77. The molecule has 1 N–H and O–H groups in total. The van der Waals surface area contributed by atoms with Gasteiger partial charge < -0.3 is 10.0 Å². The van der Waals surface area contributed by atoms with Gasteiger partial charge in [-0.1, -0.05) is 12.8 Å². The molecule has 1 aliphatic heterocycles. The molecular formula is C11H20FNO. The molecule has 0 spiro atoms. The second-order valence-electron chi connectivity index (χ2n) is 4.88. The lowest BCUT2D eigenvalue weighted by Gasteiger charge is -2.34. The van der Waals surface area contributed by atoms with Crippen molar-refractivity contribution in [1.82, 2.24) is 4.90 Å². The van der Waals surface area contributed by atoms with E-state index in [1.165, 1.54) is 0 Å². The van der Waals surface area contributed by atoms with Gasteiger partial charge in [0.05, 0.1) is 5.60 Å². The fraction of sp³-hybridized carbons (Fsp3) is 1.00. The summed E-state index contributed by atoms with van der Waals surface area (Å²) in [5.74, 6) is 0. The first kappa shape index (κ1) is 10.4. The first-order chi connectivity index (χ1) is 6.68. The molecule has 0 aromatic carbocycles. The monoisotopic (exact) mass is 201 g/mol. The molecule has 2 fully saturated rings. The van der Waals surface area contributed by atoms with Crippen LogP contribution in [0, 0.1) is 0 Å². The van der Waals surface area contributed by atoms with Crippen LogP contribution in [0.4, 0.5) is 4.39 Å². The van der Waals surface area contributed by atoms with Crippen molar-refractivity contribution in [2.75, 3.05) is 19.6 Å². The van der Waals surface area contributed by atoms with Crippen LogP contribution in [0.15, 0.2) is 0 Å². The number of rotatable bonds is 2. The van der Waals surface area contributed by atoms with E-state index >= 15 is 0 Å². The third kappa shape index (κ3) is 2.45. The summed E-state index contributed by atoms with van der Waals surface area (Å²) >= 11 is 0. The van der Waals surface area contributed by atoms with Gasteiger partial charge in [0.1, 0.15) is 6.17 Å². The molecule has 0 amide bonds. The van der Waals surface area contributed by atoms with Crippen molar-refractivity contribution >= 4 is 0 Å². The average molecular weight is 201 g/mol. The van der Waals surface area contributed by atoms with Gasteiger partial charge in [0.2, 0.25) is 0 Å². The second kappa shape index (κ2) is 4.15. The van der Waals surface area contributed by atoms with Gasteiger partial charge >= 0.3 is 0 Å². The molecule has 0 bridgehead atoms. The van der Waals surface area contributed by atoms with Crippen LogP contribution in [0.1, 0.15) is 38.5 Å². The van der Waals surface area contributed by atoms with Gasteiger partial charge in [0.15, 0.2) is 0 Å². The summed E-state index contributed by atoms with van der Waals surface area (Å²) in [6.07, 6.45) is 4.85. The van der Waals surface area contributed by atoms with E-state index in [1.807, 2.05) is 0 Å². The fourth-order valence-corrected chi connectivity index (χ4v) is 2.67. The van der Waals surface area contributed by atoms with Gasteiger partial charge in [-0.3, -0.25) is 0 Å². The Morgan fingerprint density at radius 1 is 1.21 bits per heavy atom. The summed E-state index contributed by atoms with van der Waals surface area (Å²) < 4.78 is 12.9. The summed E-state index contributed by atoms with van der Waals surface area (Å²) in [5, 5.41) is 10.2. The Morgan fingerprint density at radius 3 is 2.36 bits per heavy atom. The van der Waals surface area contributed by atoms with Crippen LogP contribution in [0.25, 0.3) is 0 Å². The molecule has 0 unspecified atom stereocenters. The van der Waals surface area contributed by atoms with Gasteiger partial charge in [0, 0.05) is 19.6 Å². The molecule has 1 aliphatic carbocycles. The third-order valence-electron chi connectivity index (χ3n) is 3.57. The van der Waals surface area contributed by atoms with E-state index in [0.717, 1.165) is 45.3 Å². The second-order valence-corrected chi connectivity index (χ2v) is 4.88. The van der Waals surface area contributed by atoms with Gasteiger partial charge in [-0.25, -0.2) is 4.39 Å². The Morgan fingerprint density at radius 2 is 1.79 bits per heavy atom. The third-order valence-corrected chi connectivity index (χ3v) is 3.57. The minimum atomic E-state index is -0.607. The predicted octanol–water partition coefficient (Wildman–Crippen LogP) is 1.73. The molecule has 1 heterocycles. The zero-order chi connectivity index (χ0) is 10.0. The summed E-state index contributed by atoms with van der Waals surface area (Å²) in [7, 11) is 0. The number of likely N-dealkylation sites (tertiary alicyclic amines) is 1. The highest BCUT2D eigenvalue weighted by Crippen LogP contribution is 2.31. The number of alkyl halides is 1. The topological polar surface area (TPSA) is 23.5 Å². The van der Waals surface area contributed by atoms with Crippen molar-refractivity contribution in [1.29, 1.82) is 0 Å². The van der Waals surface area contributed by atoms with Crippen LogP contribution < -0.4 is 0 Å². The van der Waals surface area contributed by atoms with Crippen LogP contribution in [-0.4, -0.2) is 41.4 Å². The maximum Gasteiger partial charge on any atom is 0.103 e. The van der Waals surface area contributed by atoms with E-state index in [4.69, 9.17) is 0 Å². The van der Waals surface area contributed by atoms with E-state index in [2.05, 4.69) is 4.90 Å². The summed E-state index contributed by atoms with van der Waals surface area (Å²) in [5.41, 5.74) is -0.455. The molecule has 0 aromatic rings. The molecule has 82 valence electrons. The van der Waals surface area contributed by atoms with E-state index in [1.54, 1.807) is 0 Å². The highest BCUT2D eigenvalue weighted by Gasteiger charge is 2.34. The normalized spacial score (nSPS) is 29.6. The molecule has 2 aliphatic rings. The van der Waals surface area contributed by atoms with Gasteiger partial charge in [-0.15, -0.1) is 0 Å². The smallest absolute Gasteiger partial charge is 0.103 e. The van der Waals surface area contributed by atoms with Crippen LogP contribution in [0.5, 0.6) is 0 Å². The molecule has 0 atom stereocenters. The largest absolute Gasteiger partial charge is 0.389 e. The van der Waals surface area contributed by atoms with Crippen molar-refractivity contribution in [2.24, 2.45) is 0 Å². The number of β-amino-alcohol motifs (C(OH)–C–C–N with tert-alkyl or cyclic N) is 1. The molecular weight excluding hydrogens is 181 g/mol. The molecule has 14 heavy (non-hydrogen) atoms. The van der Waals surface area contributed by atoms with Crippen LogP contribution in [0.3, 0.4) is 0 Å². The Kier molecular flexibility index (Phi) is 3.07. The molecule has 0 radical (unpaired) electrons. The molecule has 2 nitrogen and oxygen atoms in total. The first-order valence-electron chi connectivity index (χ1n) is 5.77. The quantitative estimate of drug-likeness (QED) is 0.735. The van der Waals surface area contributed by atoms with Crippen molar-refractivity contribution in [3.63, 3.8) is 0 Å². The zero-order valence-electron chi connectivity index (χ0n) is 8.71. The minimum absolute atomic E-state index is 0.455. The molecule has 0 aromatic heterocycles. The Bertz CT molecular complexity index is 184. The van der Waals surface area contributed by atoms with Crippen molar-refractivity contribution in [3.8, 4) is 0 Å². The zero-order valence-corrected chi connectivity index (χ0v) is 8.71. The maximum absolute atomic E-state index is 12.9. The van der Waals surface area contributed by atoms with E-state index in [9.17, 15) is 9.50 Å². The lowest BCUT2D eigenvalue weighted by Crippen LogP contribution is -2.45. The number of piperidine rings is 1. The predicted molar refractivity (Wildman–Crippen MR) is 54.0 cm³/mol. The lowest BCUT2D eigenvalue weighted by molar-refractivity contribution is -0.00196. The van der Waals surface area contributed by atoms with E-state index in [0.29, 0.717) is 12.8 Å². The van der Waals surface area contributed by atoms with E-state index < -0.39 is 11.8 Å². The average Bonchev–Trinajstić information content (AvgIpc) is 2.57. The number of halogens is 1. The molecule has 3 heteroatoms. The van der Waals surface area contributed by atoms with Gasteiger partial charge in [-0.2, -0.15) is 0 Å². The number of hydrogen-bond donors (Lipinski definition) is 1. The van der Waals surface area contributed by atoms with Crippen LogP contribution in [-0.2, 0) is 0 Å². The SMILES string of the molecule is OC1(CN2CCC(F)CC2)CCCC1. The standard InChI is InChI=1S/C11H20FNO/c12-10-3-7-13(8-4-10)9-11(14)5-1-2-6-11/h10,14H,1-9H2. The summed E-state index contributed by atoms with van der Waals surface area (Å²) in [6.45, 7) is 2.41. The van der Waals surface area contributed by atoms with Crippen molar-refractivity contribution < 1.29 is 9.50 Å². The Labute approximate surface area is 85.1 Å². The van der Waals surface area contributed by atoms with Crippen molar-refractivity contribution in [2.45, 2.75) is 50.3 Å². The number of nitrogens with zero attached hydrogens (tertiary/aromatic N) is 1. The fourth-order valence-electron chi connectivity index (χ4n) is 2.67. The summed E-state index contributed by atoms with van der Waals surface area (Å²) in [4.78, 5) is 2.22.